The van der Waals surface area contributed by atoms with Crippen molar-refractivity contribution >= 4 is 117 Å². The molecular weight excluding hydrogens is 1230 g/mol. The van der Waals surface area contributed by atoms with Crippen LogP contribution in [0, 0.1) is 37.9 Å². The third-order valence-electron chi connectivity index (χ3n) is 12.6. The third kappa shape index (κ3) is 40.8. The van der Waals surface area contributed by atoms with E-state index in [4.69, 9.17) is 100 Å². The van der Waals surface area contributed by atoms with E-state index in [0.29, 0.717) is 0 Å². The first kappa shape index (κ1) is 81.7. The number of carboxylic acid groups (broad SMARTS) is 1. The zero-order valence-electron chi connectivity index (χ0n) is 50.7. The summed E-state index contributed by atoms with van der Waals surface area (Å²) in [5.74, 6) is -11.3. The second kappa shape index (κ2) is 46.8. The Labute approximate surface area is 534 Å². The second-order valence-electron chi connectivity index (χ2n) is 20.3. The summed E-state index contributed by atoms with van der Waals surface area (Å²) in [6.07, 6.45) is -0.195. The molecule has 0 aliphatic carbocycles. The Morgan fingerprint density at radius 3 is 0.659 bits per heavy atom. The van der Waals surface area contributed by atoms with Crippen molar-refractivity contribution in [2.45, 2.75) is 144 Å². The molecule has 0 spiro atoms. The number of guanidine groups is 7. The van der Waals surface area contributed by atoms with E-state index in [1.165, 1.54) is 0 Å². The molecule has 0 aromatic heterocycles. The number of primary amides is 1. The summed E-state index contributed by atoms with van der Waals surface area (Å²) in [4.78, 5) is 123. The summed E-state index contributed by atoms with van der Waals surface area (Å²) < 4.78 is 0. The summed E-state index contributed by atoms with van der Waals surface area (Å²) in [5.41, 5.74) is 55.5. The molecule has 0 saturated carbocycles. The highest BCUT2D eigenvalue weighted by Crippen LogP contribution is 2.22. The predicted molar refractivity (Wildman–Crippen MR) is 345 cm³/mol. The lowest BCUT2D eigenvalue weighted by molar-refractivity contribution is -0.138. The van der Waals surface area contributed by atoms with E-state index in [9.17, 15) is 43.2 Å². The highest BCUT2D eigenvalue weighted by Gasteiger charge is 2.34. The average Bonchev–Trinajstić information content (AvgIpc) is 2.92. The Bertz CT molecular complexity index is 2450. The highest BCUT2D eigenvalue weighted by molar-refractivity contribution is 8.76. The van der Waals surface area contributed by atoms with Crippen LogP contribution in [-0.4, -0.2) is 212 Å². The molecule has 8 amide bonds. The highest BCUT2D eigenvalue weighted by atomic mass is 33.1. The second-order valence-corrected chi connectivity index (χ2v) is 22.9. The summed E-state index contributed by atoms with van der Waals surface area (Å²) in [6, 6.07) is -12.5. The molecule has 43 heteroatoms. The molecule has 0 saturated heterocycles. The van der Waals surface area contributed by atoms with Crippen LogP contribution in [0.1, 0.15) is 89.9 Å². The predicted octanol–water partition coefficient (Wildman–Crippen LogP) is -10.2. The number of nitrogens with one attached hydrogen (secondary N) is 21. The van der Waals surface area contributed by atoms with Crippen molar-refractivity contribution in [2.24, 2.45) is 57.3 Å². The summed E-state index contributed by atoms with van der Waals surface area (Å²) in [5, 5.41) is 98.3. The van der Waals surface area contributed by atoms with E-state index >= 15 is 0 Å². The van der Waals surface area contributed by atoms with Gasteiger partial charge in [0.15, 0.2) is 41.7 Å². The van der Waals surface area contributed by atoms with Crippen molar-refractivity contribution in [3.63, 3.8) is 0 Å². The summed E-state index contributed by atoms with van der Waals surface area (Å²) in [6.45, 7) is 0.365. The van der Waals surface area contributed by atoms with Gasteiger partial charge in [0, 0.05) is 57.3 Å². The molecule has 5 unspecified atom stereocenters. The molecule has 41 nitrogen and oxygen atoms in total. The normalized spacial score (nSPS) is 13.6. The van der Waals surface area contributed by atoms with Crippen molar-refractivity contribution in [1.82, 2.24) is 74.4 Å². The van der Waals surface area contributed by atoms with Gasteiger partial charge in [0.1, 0.15) is 48.3 Å². The van der Waals surface area contributed by atoms with Gasteiger partial charge in [-0.05, 0) is 89.9 Å². The molecule has 0 rings (SSSR count). The van der Waals surface area contributed by atoms with Crippen LogP contribution in [0.3, 0.4) is 0 Å². The molecule has 0 aromatic carbocycles. The standard InChI is InChI=1S/C48H97N31O10S2/c49-24(22-90-91-23-25(50)41(88)89)34(81)74-27(9-2-16-67-43(54)55)36(83)76-29(11-4-18-69-45(58)59)38(85)78-31(13-6-20-71-47(62)63)40(87)79-32(14-7-21-72-48(64)65)39(86)77-30(12-5-19-70-46(60)61)37(84)75-28(10-3-17-68-44(56)57)35(82)73-26(33(51)80)8-1-15-66-42(52)53/h24-32H,1-23,49-50H2,(H2,51,80)(H,73,82)(H,74,81)(H,75,84)(H,76,83)(H,77,86)(H,78,85)(H,79,87)(H,88,89)(H4,52,53,66)(H4,54,55,67)(H4,56,57,68)(H4,58,59,69)(H4,60,61,70)(H4,62,63,71)(H4,64,65,72)/t24?,25?,26-,27-,28?,29?,30-,31-,32?/m0/s1. The van der Waals surface area contributed by atoms with Crippen LogP contribution in [-0.2, 0) is 43.2 Å². The van der Waals surface area contributed by atoms with Gasteiger partial charge in [0.05, 0.1) is 6.04 Å². The Morgan fingerprint density at radius 2 is 0.473 bits per heavy atom. The lowest BCUT2D eigenvalue weighted by atomic mass is 10.0. The molecule has 42 N–H and O–H groups in total. The maximum atomic E-state index is 14.7. The van der Waals surface area contributed by atoms with Gasteiger partial charge in [-0.15, -0.1) is 0 Å². The topological polar surface area (TPSA) is 769 Å². The van der Waals surface area contributed by atoms with E-state index in [0.717, 1.165) is 21.6 Å². The van der Waals surface area contributed by atoms with Crippen LogP contribution >= 0.6 is 21.6 Å². The molecule has 0 aromatic rings. The fraction of sp³-hybridized carbons (Fsp3) is 0.667. The van der Waals surface area contributed by atoms with Crippen molar-refractivity contribution < 1.29 is 48.3 Å². The fourth-order valence-corrected chi connectivity index (χ4v) is 10.1. The largest absolute Gasteiger partial charge is 0.480 e. The maximum Gasteiger partial charge on any atom is 0.321 e. The van der Waals surface area contributed by atoms with Gasteiger partial charge in [-0.1, -0.05) is 21.6 Å². The number of nitrogens with two attached hydrogens (primary N) is 10. The molecule has 0 radical (unpaired) electrons. The van der Waals surface area contributed by atoms with E-state index in [2.05, 4.69) is 74.4 Å². The lowest BCUT2D eigenvalue weighted by Gasteiger charge is -2.28. The quantitative estimate of drug-likeness (QED) is 0.0116. The van der Waals surface area contributed by atoms with Gasteiger partial charge in [0.2, 0.25) is 47.3 Å². The SMILES string of the molecule is N=C(N)NCCCC(NC(=O)[C@H](CCCNC(=N)N)NC(=O)C(N)CSSCC(N)C(=O)O)C(=O)N[C@@H](CCCNC(=N)N)C(=O)NC(CCCNC(=N)N)C(=O)N[C@@H](CCCNC(=N)N)C(=O)NC(CCCNC(=N)N)C(=O)N[C@@H](CCCNC(=N)N)C(N)=O. The first-order valence-electron chi connectivity index (χ1n) is 28.8. The lowest BCUT2D eigenvalue weighted by Crippen LogP contribution is -2.60. The molecule has 0 aliphatic rings. The zero-order chi connectivity index (χ0) is 69.0. The molecule has 0 fully saturated rings. The number of hydrogen-bond acceptors (Lipinski definition) is 20. The van der Waals surface area contributed by atoms with Gasteiger partial charge < -0.3 is 137 Å². The molecule has 91 heavy (non-hydrogen) atoms. The molecule has 0 bridgehead atoms. The van der Waals surface area contributed by atoms with Gasteiger partial charge in [-0.3, -0.25) is 81.0 Å². The first-order chi connectivity index (χ1) is 42.8. The van der Waals surface area contributed by atoms with Crippen LogP contribution in [0.2, 0.25) is 0 Å². The van der Waals surface area contributed by atoms with Crippen molar-refractivity contribution in [2.75, 3.05) is 57.3 Å². The number of hydrogen-bond donors (Lipinski definition) is 32. The van der Waals surface area contributed by atoms with Crippen LogP contribution < -0.4 is 132 Å². The maximum absolute atomic E-state index is 14.7. The van der Waals surface area contributed by atoms with Crippen LogP contribution in [0.15, 0.2) is 0 Å². The van der Waals surface area contributed by atoms with Crippen molar-refractivity contribution in [3.05, 3.63) is 0 Å². The molecule has 0 aliphatic heterocycles. The minimum Gasteiger partial charge on any atom is -0.480 e. The van der Waals surface area contributed by atoms with Gasteiger partial charge in [0.25, 0.3) is 0 Å². The average molecular weight is 1330 g/mol. The van der Waals surface area contributed by atoms with E-state index in [1.54, 1.807) is 0 Å². The number of aliphatic carboxylic acids is 1. The monoisotopic (exact) mass is 1330 g/mol. The molecule has 516 valence electrons. The van der Waals surface area contributed by atoms with Gasteiger partial charge in [-0.2, -0.15) is 0 Å². The fourth-order valence-electron chi connectivity index (χ4n) is 7.91. The van der Waals surface area contributed by atoms with E-state index in [1.807, 2.05) is 0 Å². The number of amides is 8. The summed E-state index contributed by atoms with van der Waals surface area (Å²) in [7, 11) is 2.13. The van der Waals surface area contributed by atoms with Crippen molar-refractivity contribution in [3.8, 4) is 0 Å². The number of carbonyl (C=O) groups excluding carboxylic acids is 8. The minimum atomic E-state index is -1.53. The number of carbonyl (C=O) groups is 9. The Hall–Kier alpha value is -9.26. The first-order valence-corrected chi connectivity index (χ1v) is 31.3. The Kier molecular flexibility index (Phi) is 42.0. The molecular formula is C48H97N31O10S2. The Balaban J connectivity index is 7.38. The van der Waals surface area contributed by atoms with Crippen LogP contribution in [0.25, 0.3) is 0 Å². The zero-order valence-corrected chi connectivity index (χ0v) is 52.3. The van der Waals surface area contributed by atoms with E-state index < -0.39 is 131 Å². The number of rotatable bonds is 49. The smallest absolute Gasteiger partial charge is 0.321 e. The van der Waals surface area contributed by atoms with Gasteiger partial charge in [-0.25, -0.2) is 0 Å². The third-order valence-corrected chi connectivity index (χ3v) is 15.1. The van der Waals surface area contributed by atoms with Crippen LogP contribution in [0.5, 0.6) is 0 Å². The molecule has 9 atom stereocenters. The van der Waals surface area contributed by atoms with Crippen LogP contribution in [0.4, 0.5) is 0 Å². The van der Waals surface area contributed by atoms with Crippen molar-refractivity contribution in [1.29, 1.82) is 37.9 Å². The number of carboxylic acids is 1. The van der Waals surface area contributed by atoms with Gasteiger partial charge >= 0.3 is 5.97 Å². The minimum absolute atomic E-state index is 0.000770. The molecule has 0 heterocycles. The van der Waals surface area contributed by atoms with E-state index in [-0.39, 0.29) is 165 Å². The Morgan fingerprint density at radius 1 is 0.297 bits per heavy atom. The summed E-state index contributed by atoms with van der Waals surface area (Å²) >= 11 is 0.